The molecule has 0 aromatic carbocycles. The van der Waals surface area contributed by atoms with Crippen molar-refractivity contribution in [3.8, 4) is 5.75 Å². The first-order valence-electron chi connectivity index (χ1n) is 10.4. The molecule has 160 valence electrons. The van der Waals surface area contributed by atoms with E-state index in [2.05, 4.69) is 20.4 Å². The second-order valence-electron chi connectivity index (χ2n) is 7.90. The normalized spacial score (nSPS) is 19.9. The summed E-state index contributed by atoms with van der Waals surface area (Å²) in [4.78, 5) is 33.6. The van der Waals surface area contributed by atoms with Crippen LogP contribution in [0.15, 0.2) is 16.8 Å². The second kappa shape index (κ2) is 8.91. The van der Waals surface area contributed by atoms with Gasteiger partial charge >= 0.3 is 0 Å². The number of carbonyl (C=O) groups excluding carboxylic acids is 2. The lowest BCUT2D eigenvalue weighted by atomic mass is 10.1. The number of hydrogen-bond donors (Lipinski definition) is 1. The Labute approximate surface area is 174 Å². The Balaban J connectivity index is 1.46. The molecule has 2 unspecified atom stereocenters. The van der Waals surface area contributed by atoms with Crippen LogP contribution in [0.2, 0.25) is 0 Å². The van der Waals surface area contributed by atoms with E-state index in [1.165, 1.54) is 0 Å². The number of nitrogens with zero attached hydrogens (tertiary/aromatic N) is 3. The lowest BCUT2D eigenvalue weighted by molar-refractivity contribution is -0.121. The number of aryl methyl sites for hydroxylation is 1. The summed E-state index contributed by atoms with van der Waals surface area (Å²) in [5.74, 6) is -0.468. The van der Waals surface area contributed by atoms with Crippen LogP contribution in [0.1, 0.15) is 78.6 Å². The topological polar surface area (TPSA) is 116 Å². The van der Waals surface area contributed by atoms with E-state index >= 15 is 0 Å². The van der Waals surface area contributed by atoms with Crippen LogP contribution in [0.4, 0.5) is 0 Å². The van der Waals surface area contributed by atoms with Gasteiger partial charge < -0.3 is 14.0 Å². The summed E-state index contributed by atoms with van der Waals surface area (Å²) in [6.45, 7) is 4.32. The Kier molecular flexibility index (Phi) is 6.08. The fourth-order valence-corrected chi connectivity index (χ4v) is 3.39. The molecule has 0 bridgehead atoms. The highest BCUT2D eigenvalue weighted by molar-refractivity contribution is 6.06. The fourth-order valence-electron chi connectivity index (χ4n) is 3.39. The molecule has 9 heteroatoms. The van der Waals surface area contributed by atoms with E-state index < -0.39 is 17.7 Å². The SMILES string of the molecule is Cc1nc(C(C)C(=O)NC(=O)c2ncc(C3CC3)cc2OCC2CCCCO2)no1. The van der Waals surface area contributed by atoms with Crippen molar-refractivity contribution < 1.29 is 23.6 Å². The standard InChI is InChI=1S/C21H26N4O5/c1-12(19-23-13(2)30-25-19)20(26)24-21(27)18-17(9-15(10-22-18)14-6-7-14)29-11-16-5-3-4-8-28-16/h9-10,12,14,16H,3-8,11H2,1-2H3,(H,24,26,27). The predicted molar refractivity (Wildman–Crippen MR) is 105 cm³/mol. The number of amides is 2. The Morgan fingerprint density at radius 3 is 2.80 bits per heavy atom. The molecule has 3 heterocycles. The zero-order valence-corrected chi connectivity index (χ0v) is 17.2. The maximum atomic E-state index is 12.8. The van der Waals surface area contributed by atoms with Gasteiger partial charge in [-0.15, -0.1) is 0 Å². The number of rotatable bonds is 7. The molecule has 1 saturated heterocycles. The van der Waals surface area contributed by atoms with Crippen molar-refractivity contribution in [1.82, 2.24) is 20.4 Å². The molecule has 0 spiro atoms. The van der Waals surface area contributed by atoms with Crippen LogP contribution >= 0.6 is 0 Å². The van der Waals surface area contributed by atoms with Gasteiger partial charge in [-0.2, -0.15) is 4.98 Å². The summed E-state index contributed by atoms with van der Waals surface area (Å²) < 4.78 is 16.6. The minimum atomic E-state index is -0.739. The van der Waals surface area contributed by atoms with Crippen LogP contribution in [0.5, 0.6) is 5.75 Å². The first-order valence-corrected chi connectivity index (χ1v) is 10.4. The Morgan fingerprint density at radius 2 is 2.13 bits per heavy atom. The monoisotopic (exact) mass is 414 g/mol. The number of nitrogens with one attached hydrogen (secondary N) is 1. The molecular weight excluding hydrogens is 388 g/mol. The third kappa shape index (κ3) is 4.84. The molecule has 4 rings (SSSR count). The summed E-state index contributed by atoms with van der Waals surface area (Å²) in [6, 6.07) is 1.86. The first kappa shape index (κ1) is 20.5. The predicted octanol–water partition coefficient (Wildman–Crippen LogP) is 2.66. The number of imide groups is 1. The molecule has 2 fully saturated rings. The number of hydrogen-bond acceptors (Lipinski definition) is 8. The average Bonchev–Trinajstić information content (AvgIpc) is 3.52. The summed E-state index contributed by atoms with van der Waals surface area (Å²) in [5.41, 5.74) is 1.13. The first-order chi connectivity index (χ1) is 14.5. The molecule has 1 saturated carbocycles. The van der Waals surface area contributed by atoms with Gasteiger partial charge in [0.25, 0.3) is 5.91 Å². The summed E-state index contributed by atoms with van der Waals surface area (Å²) in [6.07, 6.45) is 7.00. The average molecular weight is 414 g/mol. The molecular formula is C21H26N4O5. The third-order valence-electron chi connectivity index (χ3n) is 5.40. The van der Waals surface area contributed by atoms with Crippen LogP contribution < -0.4 is 10.1 Å². The van der Waals surface area contributed by atoms with Gasteiger partial charge in [-0.05, 0) is 56.6 Å². The van der Waals surface area contributed by atoms with Gasteiger partial charge in [-0.25, -0.2) is 4.98 Å². The summed E-state index contributed by atoms with van der Waals surface area (Å²) in [7, 11) is 0. The molecule has 0 radical (unpaired) electrons. The van der Waals surface area contributed by atoms with E-state index in [0.717, 1.165) is 44.3 Å². The lowest BCUT2D eigenvalue weighted by Crippen LogP contribution is -2.35. The van der Waals surface area contributed by atoms with Crippen LogP contribution in [0, 0.1) is 6.92 Å². The van der Waals surface area contributed by atoms with Crippen molar-refractivity contribution in [3.05, 3.63) is 35.2 Å². The van der Waals surface area contributed by atoms with Crippen LogP contribution in [0.3, 0.4) is 0 Å². The Morgan fingerprint density at radius 1 is 1.30 bits per heavy atom. The van der Waals surface area contributed by atoms with Gasteiger partial charge in [0.1, 0.15) is 6.61 Å². The van der Waals surface area contributed by atoms with Crippen molar-refractivity contribution >= 4 is 11.8 Å². The Hall–Kier alpha value is -2.81. The molecule has 2 amide bonds. The number of pyridine rings is 1. The molecule has 30 heavy (non-hydrogen) atoms. The Bertz CT molecular complexity index is 918. The highest BCUT2D eigenvalue weighted by Gasteiger charge is 2.28. The van der Waals surface area contributed by atoms with E-state index in [9.17, 15) is 9.59 Å². The van der Waals surface area contributed by atoms with Gasteiger partial charge in [-0.1, -0.05) is 5.16 Å². The molecule has 2 aliphatic rings. The molecule has 1 aliphatic heterocycles. The third-order valence-corrected chi connectivity index (χ3v) is 5.40. The van der Waals surface area contributed by atoms with Gasteiger partial charge in [0.15, 0.2) is 17.3 Å². The molecule has 1 N–H and O–H groups in total. The maximum Gasteiger partial charge on any atom is 0.280 e. The van der Waals surface area contributed by atoms with Gasteiger partial charge in [0, 0.05) is 19.7 Å². The van der Waals surface area contributed by atoms with Gasteiger partial charge in [-0.3, -0.25) is 14.9 Å². The largest absolute Gasteiger partial charge is 0.488 e. The van der Waals surface area contributed by atoms with E-state index in [1.54, 1.807) is 20.0 Å². The zero-order chi connectivity index (χ0) is 21.1. The van der Waals surface area contributed by atoms with Gasteiger partial charge in [0.2, 0.25) is 11.8 Å². The zero-order valence-electron chi connectivity index (χ0n) is 17.2. The van der Waals surface area contributed by atoms with E-state index in [4.69, 9.17) is 14.0 Å². The number of aromatic nitrogens is 3. The van der Waals surface area contributed by atoms with E-state index in [0.29, 0.717) is 24.2 Å². The molecule has 9 nitrogen and oxygen atoms in total. The smallest absolute Gasteiger partial charge is 0.280 e. The van der Waals surface area contributed by atoms with Crippen molar-refractivity contribution in [2.45, 2.75) is 63.9 Å². The second-order valence-corrected chi connectivity index (χ2v) is 7.90. The maximum absolute atomic E-state index is 12.8. The molecule has 2 aromatic heterocycles. The fraction of sp³-hybridized carbons (Fsp3) is 0.571. The van der Waals surface area contributed by atoms with E-state index in [1.807, 2.05) is 6.07 Å². The van der Waals surface area contributed by atoms with Crippen molar-refractivity contribution in [1.29, 1.82) is 0 Å². The summed E-state index contributed by atoms with van der Waals surface area (Å²) in [5, 5.41) is 6.11. The quantitative estimate of drug-likeness (QED) is 0.735. The number of ether oxygens (including phenoxy) is 2. The highest BCUT2D eigenvalue weighted by Crippen LogP contribution is 2.41. The van der Waals surface area contributed by atoms with Crippen molar-refractivity contribution in [2.75, 3.05) is 13.2 Å². The van der Waals surface area contributed by atoms with Crippen LogP contribution in [-0.4, -0.2) is 46.3 Å². The minimum absolute atomic E-state index is 0.00220. The van der Waals surface area contributed by atoms with Crippen LogP contribution in [-0.2, 0) is 9.53 Å². The molecule has 2 atom stereocenters. The minimum Gasteiger partial charge on any atom is -0.488 e. The highest BCUT2D eigenvalue weighted by atomic mass is 16.5. The van der Waals surface area contributed by atoms with E-state index in [-0.39, 0.29) is 17.6 Å². The van der Waals surface area contributed by atoms with Crippen molar-refractivity contribution in [2.24, 2.45) is 0 Å². The molecule has 2 aromatic rings. The van der Waals surface area contributed by atoms with Crippen LogP contribution in [0.25, 0.3) is 0 Å². The summed E-state index contributed by atoms with van der Waals surface area (Å²) >= 11 is 0. The van der Waals surface area contributed by atoms with Gasteiger partial charge in [0.05, 0.1) is 12.0 Å². The molecule has 1 aliphatic carbocycles. The number of carbonyl (C=O) groups is 2. The lowest BCUT2D eigenvalue weighted by Gasteiger charge is -2.23. The van der Waals surface area contributed by atoms with Crippen molar-refractivity contribution in [3.63, 3.8) is 0 Å².